The molecule has 0 saturated carbocycles. The Labute approximate surface area is 127 Å². The fraction of sp³-hybridized carbons (Fsp3) is 0.200. The topological polar surface area (TPSA) is 42.0 Å². The van der Waals surface area contributed by atoms with Crippen molar-refractivity contribution in [2.24, 2.45) is 0 Å². The molecule has 0 aliphatic heterocycles. The van der Waals surface area contributed by atoms with Gasteiger partial charge >= 0.3 is 0 Å². The number of halogens is 1. The maximum Gasteiger partial charge on any atom is 0.237 e. The molecule has 0 bridgehead atoms. The zero-order valence-corrected chi connectivity index (χ0v) is 12.8. The molecule has 0 saturated heterocycles. The van der Waals surface area contributed by atoms with Gasteiger partial charge in [0.1, 0.15) is 0 Å². The van der Waals surface area contributed by atoms with Crippen molar-refractivity contribution in [1.82, 2.24) is 4.98 Å². The smallest absolute Gasteiger partial charge is 0.237 e. The van der Waals surface area contributed by atoms with Gasteiger partial charge in [-0.05, 0) is 43.7 Å². The Kier molecular flexibility index (Phi) is 5.04. The highest BCUT2D eigenvalue weighted by atomic mass is 35.5. The van der Waals surface area contributed by atoms with Crippen molar-refractivity contribution in [2.45, 2.75) is 24.1 Å². The number of rotatable bonds is 4. The summed E-state index contributed by atoms with van der Waals surface area (Å²) < 4.78 is 0. The van der Waals surface area contributed by atoms with E-state index in [4.69, 9.17) is 11.6 Å². The van der Waals surface area contributed by atoms with Gasteiger partial charge in [0.25, 0.3) is 0 Å². The van der Waals surface area contributed by atoms with E-state index in [-0.39, 0.29) is 11.2 Å². The van der Waals surface area contributed by atoms with Crippen LogP contribution in [0.3, 0.4) is 0 Å². The second-order valence-corrected chi connectivity index (χ2v) is 6.17. The van der Waals surface area contributed by atoms with E-state index in [1.165, 1.54) is 11.8 Å². The Morgan fingerprint density at radius 3 is 2.85 bits per heavy atom. The van der Waals surface area contributed by atoms with Crippen molar-refractivity contribution in [1.29, 1.82) is 0 Å². The van der Waals surface area contributed by atoms with E-state index < -0.39 is 0 Å². The van der Waals surface area contributed by atoms with Crippen LogP contribution in [0.5, 0.6) is 0 Å². The molecule has 1 unspecified atom stereocenters. The van der Waals surface area contributed by atoms with Crippen LogP contribution in [0.25, 0.3) is 0 Å². The molecule has 3 nitrogen and oxygen atoms in total. The van der Waals surface area contributed by atoms with Crippen LogP contribution in [-0.4, -0.2) is 16.1 Å². The zero-order chi connectivity index (χ0) is 14.5. The number of anilines is 1. The van der Waals surface area contributed by atoms with Crippen LogP contribution < -0.4 is 5.32 Å². The lowest BCUT2D eigenvalue weighted by Crippen LogP contribution is -2.22. The van der Waals surface area contributed by atoms with Gasteiger partial charge in [0.15, 0.2) is 0 Å². The molecule has 2 rings (SSSR count). The molecule has 1 heterocycles. The molecule has 104 valence electrons. The van der Waals surface area contributed by atoms with E-state index in [2.05, 4.69) is 10.3 Å². The van der Waals surface area contributed by atoms with Gasteiger partial charge in [-0.25, -0.2) is 4.98 Å². The van der Waals surface area contributed by atoms with Crippen molar-refractivity contribution in [3.8, 4) is 0 Å². The van der Waals surface area contributed by atoms with Crippen LogP contribution in [0.1, 0.15) is 12.5 Å². The minimum Gasteiger partial charge on any atom is -0.325 e. The standard InChI is InChI=1S/C15H15ClN2OS/c1-10-6-7-12(16)9-13(10)18-15(19)11(2)20-14-5-3-4-8-17-14/h3-9,11H,1-2H3,(H,18,19). The average molecular weight is 307 g/mol. The molecular weight excluding hydrogens is 292 g/mol. The number of nitrogens with one attached hydrogen (secondary N) is 1. The molecule has 5 heteroatoms. The van der Waals surface area contributed by atoms with Crippen LogP contribution in [0.2, 0.25) is 5.02 Å². The normalized spacial score (nSPS) is 11.9. The number of hydrogen-bond acceptors (Lipinski definition) is 3. The Morgan fingerprint density at radius 1 is 1.35 bits per heavy atom. The molecule has 1 aromatic heterocycles. The highest BCUT2D eigenvalue weighted by Crippen LogP contribution is 2.24. The number of aryl methyl sites for hydroxylation is 1. The fourth-order valence-electron chi connectivity index (χ4n) is 1.61. The Bertz CT molecular complexity index is 604. The lowest BCUT2D eigenvalue weighted by Gasteiger charge is -2.13. The molecule has 0 aliphatic rings. The number of thioether (sulfide) groups is 1. The van der Waals surface area contributed by atoms with E-state index in [0.29, 0.717) is 5.02 Å². The Morgan fingerprint density at radius 2 is 2.15 bits per heavy atom. The average Bonchev–Trinajstić information content (AvgIpc) is 2.44. The van der Waals surface area contributed by atoms with Gasteiger partial charge in [-0.2, -0.15) is 0 Å². The summed E-state index contributed by atoms with van der Waals surface area (Å²) >= 11 is 7.37. The number of amides is 1. The van der Waals surface area contributed by atoms with Crippen molar-refractivity contribution in [3.05, 3.63) is 53.2 Å². The predicted octanol–water partition coefficient (Wildman–Crippen LogP) is 4.16. The molecule has 0 aliphatic carbocycles. The first-order valence-corrected chi connectivity index (χ1v) is 7.47. The molecule has 0 radical (unpaired) electrons. The monoisotopic (exact) mass is 306 g/mol. The van der Waals surface area contributed by atoms with Crippen molar-refractivity contribution < 1.29 is 4.79 Å². The number of benzene rings is 1. The van der Waals surface area contributed by atoms with Gasteiger partial charge < -0.3 is 5.32 Å². The molecule has 1 aromatic carbocycles. The summed E-state index contributed by atoms with van der Waals surface area (Å²) in [5.41, 5.74) is 1.73. The summed E-state index contributed by atoms with van der Waals surface area (Å²) in [4.78, 5) is 16.4. The quantitative estimate of drug-likeness (QED) is 0.862. The van der Waals surface area contributed by atoms with E-state index in [1.807, 2.05) is 38.1 Å². The lowest BCUT2D eigenvalue weighted by molar-refractivity contribution is -0.115. The third-order valence-electron chi connectivity index (χ3n) is 2.76. The fourth-order valence-corrected chi connectivity index (χ4v) is 2.59. The van der Waals surface area contributed by atoms with Crippen molar-refractivity contribution >= 4 is 35.0 Å². The largest absolute Gasteiger partial charge is 0.325 e. The van der Waals surface area contributed by atoms with Gasteiger partial charge in [-0.15, -0.1) is 0 Å². The molecular formula is C15H15ClN2OS. The van der Waals surface area contributed by atoms with Crippen molar-refractivity contribution in [2.75, 3.05) is 5.32 Å². The van der Waals surface area contributed by atoms with Gasteiger partial charge in [0.05, 0.1) is 10.3 Å². The number of hydrogen-bond donors (Lipinski definition) is 1. The summed E-state index contributed by atoms with van der Waals surface area (Å²) in [6.07, 6.45) is 1.72. The van der Waals surface area contributed by atoms with Gasteiger partial charge in [0.2, 0.25) is 5.91 Å². The van der Waals surface area contributed by atoms with Crippen LogP contribution in [0, 0.1) is 6.92 Å². The summed E-state index contributed by atoms with van der Waals surface area (Å²) in [6.45, 7) is 3.79. The Hall–Kier alpha value is -1.52. The second-order valence-electron chi connectivity index (χ2n) is 4.38. The maximum absolute atomic E-state index is 12.2. The second kappa shape index (κ2) is 6.77. The van der Waals surface area contributed by atoms with Crippen LogP contribution >= 0.6 is 23.4 Å². The number of pyridine rings is 1. The molecule has 1 atom stereocenters. The summed E-state index contributed by atoms with van der Waals surface area (Å²) in [5, 5.41) is 4.10. The van der Waals surface area contributed by atoms with E-state index in [9.17, 15) is 4.79 Å². The summed E-state index contributed by atoms with van der Waals surface area (Å²) in [6, 6.07) is 11.1. The minimum atomic E-state index is -0.233. The molecule has 0 fully saturated rings. The molecule has 20 heavy (non-hydrogen) atoms. The first kappa shape index (κ1) is 14.9. The lowest BCUT2D eigenvalue weighted by atomic mass is 10.2. The number of nitrogens with zero attached hydrogens (tertiary/aromatic N) is 1. The van der Waals surface area contributed by atoms with Gasteiger partial charge in [-0.1, -0.05) is 35.5 Å². The van der Waals surface area contributed by atoms with Gasteiger partial charge in [0, 0.05) is 16.9 Å². The summed E-state index contributed by atoms with van der Waals surface area (Å²) in [5.74, 6) is -0.0639. The number of aromatic nitrogens is 1. The first-order chi connectivity index (χ1) is 9.56. The van der Waals surface area contributed by atoms with Crippen LogP contribution in [0.15, 0.2) is 47.6 Å². The number of carbonyl (C=O) groups is 1. The van der Waals surface area contributed by atoms with Crippen LogP contribution in [0.4, 0.5) is 5.69 Å². The first-order valence-electron chi connectivity index (χ1n) is 6.21. The van der Waals surface area contributed by atoms with Crippen LogP contribution in [-0.2, 0) is 4.79 Å². The van der Waals surface area contributed by atoms with E-state index in [1.54, 1.807) is 18.3 Å². The maximum atomic E-state index is 12.2. The van der Waals surface area contributed by atoms with E-state index >= 15 is 0 Å². The van der Waals surface area contributed by atoms with E-state index in [0.717, 1.165) is 16.3 Å². The third kappa shape index (κ3) is 3.99. The number of carbonyl (C=O) groups excluding carboxylic acids is 1. The summed E-state index contributed by atoms with van der Waals surface area (Å²) in [7, 11) is 0. The molecule has 1 amide bonds. The van der Waals surface area contributed by atoms with Crippen molar-refractivity contribution in [3.63, 3.8) is 0 Å². The van der Waals surface area contributed by atoms with Gasteiger partial charge in [-0.3, -0.25) is 4.79 Å². The predicted molar refractivity (Wildman–Crippen MR) is 84.4 cm³/mol. The molecule has 0 spiro atoms. The SMILES string of the molecule is Cc1ccc(Cl)cc1NC(=O)C(C)Sc1ccccn1. The third-order valence-corrected chi connectivity index (χ3v) is 4.05. The zero-order valence-electron chi connectivity index (χ0n) is 11.3. The minimum absolute atomic E-state index is 0.0639. The highest BCUT2D eigenvalue weighted by Gasteiger charge is 2.16. The molecule has 1 N–H and O–H groups in total. The highest BCUT2D eigenvalue weighted by molar-refractivity contribution is 8.00. The molecule has 2 aromatic rings. The Balaban J connectivity index is 2.02.